The van der Waals surface area contributed by atoms with Crippen LogP contribution in [0.1, 0.15) is 10.4 Å². The number of amides is 2. The number of terminal acetylenes is 2. The van der Waals surface area contributed by atoms with Crippen molar-refractivity contribution in [3.63, 3.8) is 0 Å². The first-order valence-electron chi connectivity index (χ1n) is 10.8. The summed E-state index contributed by atoms with van der Waals surface area (Å²) in [5.74, 6) is 3.21. The Labute approximate surface area is 220 Å². The summed E-state index contributed by atoms with van der Waals surface area (Å²) in [7, 11) is 1.32. The first-order chi connectivity index (χ1) is 17.2. The molecule has 1 rings (SSSR count). The molecular formula is C22H31N5O8PS+. The van der Waals surface area contributed by atoms with Gasteiger partial charge in [0.15, 0.2) is 5.03 Å². The SMILES string of the molecule is C#CCN(CCOP(=O)(O)OCC[N+](C)(C)C)C(=O)CN(CC#C)C(=O)c1cnc(SC)c([N+](=O)[O-])c1. The molecule has 0 aliphatic carbocycles. The van der Waals surface area contributed by atoms with Crippen molar-refractivity contribution in [2.75, 3.05) is 73.3 Å². The molecule has 13 nitrogen and oxygen atoms in total. The number of nitrogens with zero attached hydrogens (tertiary/aromatic N) is 5. The van der Waals surface area contributed by atoms with Crippen LogP contribution in [0.3, 0.4) is 0 Å². The zero-order chi connectivity index (χ0) is 28.2. The van der Waals surface area contributed by atoms with Gasteiger partial charge in [-0.25, -0.2) is 9.55 Å². The van der Waals surface area contributed by atoms with E-state index in [9.17, 15) is 29.2 Å². The molecule has 1 N–H and O–H groups in total. The van der Waals surface area contributed by atoms with E-state index in [0.717, 1.165) is 27.6 Å². The fourth-order valence-electron chi connectivity index (χ4n) is 2.74. The number of thioether (sulfide) groups is 1. The molecule has 1 atom stereocenters. The van der Waals surface area contributed by atoms with Gasteiger partial charge in [0, 0.05) is 18.8 Å². The molecule has 2 amide bonds. The van der Waals surface area contributed by atoms with Crippen molar-refractivity contribution in [3.05, 3.63) is 27.9 Å². The quantitative estimate of drug-likeness (QED) is 0.0830. The van der Waals surface area contributed by atoms with E-state index < -0.39 is 31.1 Å². The zero-order valence-electron chi connectivity index (χ0n) is 21.2. The van der Waals surface area contributed by atoms with E-state index in [-0.39, 0.29) is 49.1 Å². The number of aromatic nitrogens is 1. The molecule has 37 heavy (non-hydrogen) atoms. The minimum Gasteiger partial charge on any atom is -0.329 e. The fraction of sp³-hybridized carbons (Fsp3) is 0.500. The van der Waals surface area contributed by atoms with Gasteiger partial charge in [-0.3, -0.25) is 28.8 Å². The van der Waals surface area contributed by atoms with Crippen molar-refractivity contribution in [1.82, 2.24) is 14.8 Å². The van der Waals surface area contributed by atoms with Crippen LogP contribution in [-0.2, 0) is 18.4 Å². The second kappa shape index (κ2) is 14.7. The van der Waals surface area contributed by atoms with Crippen LogP contribution in [0.5, 0.6) is 0 Å². The number of pyridine rings is 1. The number of carbonyl (C=O) groups is 2. The van der Waals surface area contributed by atoms with Gasteiger partial charge in [-0.2, -0.15) is 0 Å². The van der Waals surface area contributed by atoms with Crippen LogP contribution in [-0.4, -0.2) is 114 Å². The number of rotatable bonds is 15. The highest BCUT2D eigenvalue weighted by Crippen LogP contribution is 2.42. The molecule has 202 valence electrons. The maximum Gasteiger partial charge on any atom is 0.472 e. The highest BCUT2D eigenvalue weighted by Gasteiger charge is 2.26. The average Bonchev–Trinajstić information content (AvgIpc) is 2.81. The summed E-state index contributed by atoms with van der Waals surface area (Å²) in [4.78, 5) is 52.5. The maximum absolute atomic E-state index is 13.0. The molecule has 1 unspecified atom stereocenters. The standard InChI is InChI=1S/C22H30N5O8PS/c1-7-9-24(11-13-34-36(32,33)35-14-12-27(3,4)5)20(28)17-25(10-8-2)22(29)18-15-19(26(30)31)21(37-6)23-16-18/h1-2,15-16H,9-14,17H2,3-6H3/p+1. The molecule has 0 bridgehead atoms. The van der Waals surface area contributed by atoms with Crippen molar-refractivity contribution >= 4 is 37.1 Å². The Bertz CT molecular complexity index is 1110. The highest BCUT2D eigenvalue weighted by molar-refractivity contribution is 7.98. The molecule has 0 spiro atoms. The Morgan fingerprint density at radius 3 is 2.35 bits per heavy atom. The van der Waals surface area contributed by atoms with E-state index in [2.05, 4.69) is 16.8 Å². The Kier molecular flexibility index (Phi) is 12.7. The Morgan fingerprint density at radius 2 is 1.81 bits per heavy atom. The largest absolute Gasteiger partial charge is 0.472 e. The van der Waals surface area contributed by atoms with E-state index >= 15 is 0 Å². The molecule has 1 aromatic rings. The van der Waals surface area contributed by atoms with Crippen LogP contribution in [0.4, 0.5) is 5.69 Å². The van der Waals surface area contributed by atoms with Gasteiger partial charge in [-0.1, -0.05) is 11.8 Å². The number of quaternary nitrogens is 1. The molecule has 15 heteroatoms. The number of hydrogen-bond acceptors (Lipinski definition) is 9. The molecular weight excluding hydrogens is 525 g/mol. The van der Waals surface area contributed by atoms with Gasteiger partial charge >= 0.3 is 13.5 Å². The summed E-state index contributed by atoms with van der Waals surface area (Å²) in [6.07, 6.45) is 13.5. The number of nitro groups is 1. The van der Waals surface area contributed by atoms with Gasteiger partial charge in [0.25, 0.3) is 5.91 Å². The van der Waals surface area contributed by atoms with E-state index in [4.69, 9.17) is 21.9 Å². The smallest absolute Gasteiger partial charge is 0.329 e. The third kappa shape index (κ3) is 11.3. The number of carbonyl (C=O) groups excluding carboxylic acids is 2. The summed E-state index contributed by atoms with van der Waals surface area (Å²) in [6, 6.07) is 1.07. The molecule has 1 heterocycles. The lowest BCUT2D eigenvalue weighted by atomic mass is 10.2. The first-order valence-corrected chi connectivity index (χ1v) is 13.5. The summed E-state index contributed by atoms with van der Waals surface area (Å²) in [5, 5.41) is 11.4. The van der Waals surface area contributed by atoms with Crippen molar-refractivity contribution in [3.8, 4) is 24.7 Å². The molecule has 0 aromatic carbocycles. The van der Waals surface area contributed by atoms with Gasteiger partial charge in [0.05, 0.1) is 51.3 Å². The maximum atomic E-state index is 13.0. The van der Waals surface area contributed by atoms with Gasteiger partial charge in [0.2, 0.25) is 5.91 Å². The Morgan fingerprint density at radius 1 is 1.22 bits per heavy atom. The molecule has 0 radical (unpaired) electrons. The van der Waals surface area contributed by atoms with Gasteiger partial charge in [-0.05, 0) is 6.26 Å². The number of likely N-dealkylation sites (N-methyl/N-ethyl adjacent to an activating group) is 1. The van der Waals surface area contributed by atoms with E-state index in [1.807, 2.05) is 21.1 Å². The highest BCUT2D eigenvalue weighted by atomic mass is 32.2. The molecule has 0 aliphatic rings. The lowest BCUT2D eigenvalue weighted by Gasteiger charge is -2.26. The van der Waals surface area contributed by atoms with Crippen LogP contribution in [0, 0.1) is 34.8 Å². The van der Waals surface area contributed by atoms with Crippen LogP contribution in [0.15, 0.2) is 17.3 Å². The molecule has 0 saturated carbocycles. The average molecular weight is 557 g/mol. The van der Waals surface area contributed by atoms with Gasteiger partial charge < -0.3 is 19.2 Å². The van der Waals surface area contributed by atoms with Crippen molar-refractivity contribution in [2.45, 2.75) is 5.03 Å². The molecule has 0 fully saturated rings. The fourth-order valence-corrected chi connectivity index (χ4v) is 3.94. The van der Waals surface area contributed by atoms with Crippen molar-refractivity contribution < 1.29 is 37.5 Å². The van der Waals surface area contributed by atoms with Gasteiger partial charge in [-0.15, -0.1) is 24.6 Å². The number of phosphoric acid groups is 1. The van der Waals surface area contributed by atoms with Crippen molar-refractivity contribution in [1.29, 1.82) is 0 Å². The Hall–Kier alpha value is -2.97. The number of phosphoric ester groups is 1. The second-order valence-corrected chi connectivity index (χ2v) is 10.8. The Balaban J connectivity index is 2.88. The molecule has 1 aromatic heterocycles. The topological polar surface area (TPSA) is 152 Å². The van der Waals surface area contributed by atoms with E-state index in [1.165, 1.54) is 6.20 Å². The van der Waals surface area contributed by atoms with Crippen LogP contribution in [0.25, 0.3) is 0 Å². The lowest BCUT2D eigenvalue weighted by molar-refractivity contribution is -0.870. The monoisotopic (exact) mass is 556 g/mol. The predicted octanol–water partition coefficient (Wildman–Crippen LogP) is 1.09. The number of hydrogen-bond donors (Lipinski definition) is 1. The summed E-state index contributed by atoms with van der Waals surface area (Å²) < 4.78 is 22.4. The third-order valence-electron chi connectivity index (χ3n) is 4.63. The second-order valence-electron chi connectivity index (χ2n) is 8.54. The van der Waals surface area contributed by atoms with Crippen molar-refractivity contribution in [2.24, 2.45) is 0 Å². The summed E-state index contributed by atoms with van der Waals surface area (Å²) in [5.41, 5.74) is -0.472. The summed E-state index contributed by atoms with van der Waals surface area (Å²) >= 11 is 1.05. The van der Waals surface area contributed by atoms with E-state index in [1.54, 1.807) is 6.26 Å². The van der Waals surface area contributed by atoms with E-state index in [0.29, 0.717) is 11.0 Å². The zero-order valence-corrected chi connectivity index (χ0v) is 22.9. The third-order valence-corrected chi connectivity index (χ3v) is 6.35. The van der Waals surface area contributed by atoms with Crippen LogP contribution in [0.2, 0.25) is 0 Å². The predicted molar refractivity (Wildman–Crippen MR) is 137 cm³/mol. The normalized spacial score (nSPS) is 12.6. The first kappa shape index (κ1) is 32.1. The lowest BCUT2D eigenvalue weighted by Crippen LogP contribution is -2.44. The minimum atomic E-state index is -4.35. The van der Waals surface area contributed by atoms with Gasteiger partial charge in [0.1, 0.15) is 19.7 Å². The van der Waals surface area contributed by atoms with Crippen LogP contribution < -0.4 is 0 Å². The summed E-state index contributed by atoms with van der Waals surface area (Å²) in [6.45, 7) is -1.02. The minimum absolute atomic E-state index is 0.0155. The van der Waals surface area contributed by atoms with Crippen LogP contribution >= 0.6 is 19.6 Å². The molecule has 0 aliphatic heterocycles. The molecule has 0 saturated heterocycles.